The summed E-state index contributed by atoms with van der Waals surface area (Å²) in [5.74, 6) is 1.24. The molecule has 3 aromatic heterocycles. The van der Waals surface area contributed by atoms with Gasteiger partial charge in [0.15, 0.2) is 5.65 Å². The fraction of sp³-hybridized carbons (Fsp3) is 0.333. The Balaban J connectivity index is 1.44. The van der Waals surface area contributed by atoms with Gasteiger partial charge in [0, 0.05) is 39.6 Å². The Hall–Kier alpha value is -2.44. The van der Waals surface area contributed by atoms with Gasteiger partial charge in [0.2, 0.25) is 5.88 Å². The van der Waals surface area contributed by atoms with Crippen molar-refractivity contribution >= 4 is 27.1 Å². The molecule has 0 N–H and O–H groups in total. The number of rotatable bonds is 4. The lowest BCUT2D eigenvalue weighted by molar-refractivity contribution is 0.146. The number of thiophene rings is 1. The fourth-order valence-electron chi connectivity index (χ4n) is 3.91. The normalized spacial score (nSPS) is 18.3. The second-order valence-electron chi connectivity index (χ2n) is 7.31. The molecule has 1 aromatic carbocycles. The van der Waals surface area contributed by atoms with Gasteiger partial charge in [0.1, 0.15) is 0 Å². The van der Waals surface area contributed by atoms with Gasteiger partial charge in [-0.3, -0.25) is 0 Å². The zero-order valence-corrected chi connectivity index (χ0v) is 16.2. The molecule has 4 aromatic rings. The van der Waals surface area contributed by atoms with Crippen LogP contribution >= 0.6 is 11.3 Å². The summed E-state index contributed by atoms with van der Waals surface area (Å²) in [6.07, 6.45) is 4.37. The first-order chi connectivity index (χ1) is 13.3. The minimum absolute atomic E-state index is 0.573. The van der Waals surface area contributed by atoms with Gasteiger partial charge in [-0.2, -0.15) is 0 Å². The SMILES string of the molecule is CN1CCCC(COc2ccc3ncc(-c4csc5ccccc45)n3n2)C1. The number of hydrogen-bond acceptors (Lipinski definition) is 5. The van der Waals surface area contributed by atoms with Crippen LogP contribution in [0.4, 0.5) is 0 Å². The number of hydrogen-bond donors (Lipinski definition) is 0. The molecule has 0 saturated carbocycles. The van der Waals surface area contributed by atoms with Crippen LogP contribution in [0.15, 0.2) is 48.0 Å². The summed E-state index contributed by atoms with van der Waals surface area (Å²) in [6, 6.07) is 12.4. The topological polar surface area (TPSA) is 42.7 Å². The number of likely N-dealkylation sites (tertiary alicyclic amines) is 1. The molecule has 1 unspecified atom stereocenters. The van der Waals surface area contributed by atoms with Gasteiger partial charge in [-0.15, -0.1) is 16.4 Å². The summed E-state index contributed by atoms with van der Waals surface area (Å²) in [7, 11) is 2.18. The molecular formula is C21H22N4OS. The van der Waals surface area contributed by atoms with E-state index in [4.69, 9.17) is 9.84 Å². The number of imidazole rings is 1. The van der Waals surface area contributed by atoms with Crippen LogP contribution in [0.2, 0.25) is 0 Å². The molecule has 27 heavy (non-hydrogen) atoms. The lowest BCUT2D eigenvalue weighted by atomic mass is 10.00. The van der Waals surface area contributed by atoms with E-state index in [1.165, 1.54) is 35.0 Å². The van der Waals surface area contributed by atoms with Crippen molar-refractivity contribution in [2.75, 3.05) is 26.7 Å². The predicted molar refractivity (Wildman–Crippen MR) is 110 cm³/mol. The Morgan fingerprint density at radius 3 is 3.07 bits per heavy atom. The van der Waals surface area contributed by atoms with Crippen LogP contribution in [-0.2, 0) is 0 Å². The Morgan fingerprint density at radius 2 is 2.15 bits per heavy atom. The van der Waals surface area contributed by atoms with Gasteiger partial charge in [-0.25, -0.2) is 9.50 Å². The van der Waals surface area contributed by atoms with E-state index in [2.05, 4.69) is 46.6 Å². The summed E-state index contributed by atoms with van der Waals surface area (Å²) in [4.78, 5) is 6.90. The highest BCUT2D eigenvalue weighted by Crippen LogP contribution is 2.34. The Bertz CT molecular complexity index is 1090. The summed E-state index contributed by atoms with van der Waals surface area (Å²) in [5.41, 5.74) is 3.01. The van der Waals surface area contributed by atoms with Gasteiger partial charge in [0.25, 0.3) is 0 Å². The van der Waals surface area contributed by atoms with Gasteiger partial charge >= 0.3 is 0 Å². The quantitative estimate of drug-likeness (QED) is 0.530. The first kappa shape index (κ1) is 16.7. The van der Waals surface area contributed by atoms with Crippen LogP contribution in [0.5, 0.6) is 5.88 Å². The first-order valence-electron chi connectivity index (χ1n) is 9.41. The molecule has 0 spiro atoms. The average molecular weight is 379 g/mol. The van der Waals surface area contributed by atoms with Crippen LogP contribution < -0.4 is 4.74 Å². The van der Waals surface area contributed by atoms with Gasteiger partial charge < -0.3 is 9.64 Å². The molecule has 1 saturated heterocycles. The average Bonchev–Trinajstić information content (AvgIpc) is 3.30. The van der Waals surface area contributed by atoms with Gasteiger partial charge in [-0.05, 0) is 38.6 Å². The molecule has 0 radical (unpaired) electrons. The van der Waals surface area contributed by atoms with Crippen LogP contribution in [0.25, 0.3) is 27.0 Å². The lowest BCUT2D eigenvalue weighted by Crippen LogP contribution is -2.34. The molecule has 5 nitrogen and oxygen atoms in total. The minimum Gasteiger partial charge on any atom is -0.476 e. The summed E-state index contributed by atoms with van der Waals surface area (Å²) in [6.45, 7) is 3.00. The minimum atomic E-state index is 0.573. The lowest BCUT2D eigenvalue weighted by Gasteiger charge is -2.29. The second-order valence-corrected chi connectivity index (χ2v) is 8.22. The third-order valence-electron chi connectivity index (χ3n) is 5.28. The van der Waals surface area contributed by atoms with E-state index in [0.29, 0.717) is 18.4 Å². The number of piperidine rings is 1. The molecule has 4 heterocycles. The number of benzene rings is 1. The predicted octanol–water partition coefficient (Wildman–Crippen LogP) is 4.33. The largest absolute Gasteiger partial charge is 0.476 e. The highest BCUT2D eigenvalue weighted by atomic mass is 32.1. The van der Waals surface area contributed by atoms with E-state index < -0.39 is 0 Å². The van der Waals surface area contributed by atoms with Crippen molar-refractivity contribution in [3.8, 4) is 17.1 Å². The van der Waals surface area contributed by atoms with E-state index in [9.17, 15) is 0 Å². The number of fused-ring (bicyclic) bond motifs is 2. The zero-order valence-electron chi connectivity index (χ0n) is 15.3. The summed E-state index contributed by atoms with van der Waals surface area (Å²) in [5, 5.41) is 8.14. The van der Waals surface area contributed by atoms with E-state index in [-0.39, 0.29) is 0 Å². The molecule has 0 bridgehead atoms. The van der Waals surface area contributed by atoms with E-state index in [0.717, 1.165) is 17.9 Å². The van der Waals surface area contributed by atoms with Crippen LogP contribution in [0.1, 0.15) is 12.8 Å². The molecule has 6 heteroatoms. The Kier molecular flexibility index (Phi) is 4.30. The summed E-state index contributed by atoms with van der Waals surface area (Å²) < 4.78 is 9.22. The molecule has 0 aliphatic carbocycles. The van der Waals surface area contributed by atoms with Crippen molar-refractivity contribution in [3.63, 3.8) is 0 Å². The molecule has 1 aliphatic rings. The Labute approximate surface area is 162 Å². The molecule has 1 fully saturated rings. The van der Waals surface area contributed by atoms with Crippen molar-refractivity contribution in [2.45, 2.75) is 12.8 Å². The van der Waals surface area contributed by atoms with Crippen LogP contribution in [0.3, 0.4) is 0 Å². The molecule has 0 amide bonds. The van der Waals surface area contributed by atoms with Gasteiger partial charge in [-0.1, -0.05) is 18.2 Å². The molecule has 1 aliphatic heterocycles. The second kappa shape index (κ2) is 6.94. The fourth-order valence-corrected chi connectivity index (χ4v) is 4.86. The van der Waals surface area contributed by atoms with E-state index >= 15 is 0 Å². The van der Waals surface area contributed by atoms with E-state index in [1.807, 2.05) is 22.8 Å². The van der Waals surface area contributed by atoms with Crippen molar-refractivity contribution < 1.29 is 4.74 Å². The van der Waals surface area contributed by atoms with Gasteiger partial charge in [0.05, 0.1) is 18.5 Å². The van der Waals surface area contributed by atoms with Crippen molar-refractivity contribution in [1.29, 1.82) is 0 Å². The van der Waals surface area contributed by atoms with Crippen LogP contribution in [0, 0.1) is 5.92 Å². The molecule has 138 valence electrons. The Morgan fingerprint density at radius 1 is 1.22 bits per heavy atom. The maximum Gasteiger partial charge on any atom is 0.231 e. The molecule has 1 atom stereocenters. The third kappa shape index (κ3) is 3.19. The first-order valence-corrected chi connectivity index (χ1v) is 10.3. The third-order valence-corrected chi connectivity index (χ3v) is 6.25. The van der Waals surface area contributed by atoms with Crippen molar-refractivity contribution in [3.05, 3.63) is 48.0 Å². The number of ether oxygens (including phenoxy) is 1. The number of nitrogens with zero attached hydrogens (tertiary/aromatic N) is 4. The monoisotopic (exact) mass is 378 g/mol. The molecule has 5 rings (SSSR count). The van der Waals surface area contributed by atoms with Crippen LogP contribution in [-0.4, -0.2) is 46.2 Å². The molecular weight excluding hydrogens is 356 g/mol. The van der Waals surface area contributed by atoms with Crippen molar-refractivity contribution in [1.82, 2.24) is 19.5 Å². The number of aromatic nitrogens is 3. The maximum absolute atomic E-state index is 6.05. The standard InChI is InChI=1S/C21H22N4OS/c1-24-10-4-5-15(12-24)13-26-21-9-8-20-22-11-18(25(20)23-21)17-14-27-19-7-3-2-6-16(17)19/h2-3,6-9,11,14-15H,4-5,10,12-13H2,1H3. The maximum atomic E-state index is 6.05. The summed E-state index contributed by atoms with van der Waals surface area (Å²) >= 11 is 1.75. The highest BCUT2D eigenvalue weighted by molar-refractivity contribution is 7.17. The highest BCUT2D eigenvalue weighted by Gasteiger charge is 2.18. The van der Waals surface area contributed by atoms with E-state index in [1.54, 1.807) is 11.3 Å². The van der Waals surface area contributed by atoms with Crippen molar-refractivity contribution in [2.24, 2.45) is 5.92 Å². The zero-order chi connectivity index (χ0) is 18.2. The smallest absolute Gasteiger partial charge is 0.231 e.